The molecule has 100 valence electrons. The van der Waals surface area contributed by atoms with Crippen LogP contribution in [0.1, 0.15) is 31.2 Å². The van der Waals surface area contributed by atoms with Crippen molar-refractivity contribution in [2.24, 2.45) is 5.73 Å². The SMILES string of the molecule is COc1ccc(CCN[C@@H]2CCCC[C@@H]2N)cc1. The van der Waals surface area contributed by atoms with Crippen LogP contribution in [-0.2, 0) is 6.42 Å². The number of nitrogens with one attached hydrogen (secondary N) is 1. The molecule has 0 amide bonds. The fourth-order valence-electron chi connectivity index (χ4n) is 2.61. The third kappa shape index (κ3) is 3.72. The molecule has 0 aliphatic heterocycles. The lowest BCUT2D eigenvalue weighted by Gasteiger charge is -2.29. The van der Waals surface area contributed by atoms with Gasteiger partial charge in [0.05, 0.1) is 7.11 Å². The Kier molecular flexibility index (Phi) is 5.02. The van der Waals surface area contributed by atoms with E-state index in [2.05, 4.69) is 17.4 Å². The summed E-state index contributed by atoms with van der Waals surface area (Å²) in [6.07, 6.45) is 6.04. The fraction of sp³-hybridized carbons (Fsp3) is 0.600. The zero-order valence-corrected chi connectivity index (χ0v) is 11.2. The lowest BCUT2D eigenvalue weighted by atomic mass is 9.91. The number of hydrogen-bond acceptors (Lipinski definition) is 3. The first-order valence-corrected chi connectivity index (χ1v) is 6.91. The molecule has 0 spiro atoms. The average molecular weight is 248 g/mol. The molecule has 1 fully saturated rings. The Hall–Kier alpha value is -1.06. The Morgan fingerprint density at radius 3 is 2.61 bits per heavy atom. The van der Waals surface area contributed by atoms with Crippen LogP contribution in [0.2, 0.25) is 0 Å². The number of benzene rings is 1. The predicted octanol–water partition coefficient (Wildman–Crippen LogP) is 2.10. The molecule has 18 heavy (non-hydrogen) atoms. The zero-order chi connectivity index (χ0) is 12.8. The summed E-state index contributed by atoms with van der Waals surface area (Å²) >= 11 is 0. The van der Waals surface area contributed by atoms with Crippen LogP contribution in [0.5, 0.6) is 5.75 Å². The van der Waals surface area contributed by atoms with Gasteiger partial charge >= 0.3 is 0 Å². The maximum absolute atomic E-state index is 6.12. The van der Waals surface area contributed by atoms with Crippen molar-refractivity contribution in [2.45, 2.75) is 44.2 Å². The van der Waals surface area contributed by atoms with Crippen molar-refractivity contribution >= 4 is 0 Å². The third-order valence-corrected chi connectivity index (χ3v) is 3.80. The van der Waals surface area contributed by atoms with E-state index in [1.807, 2.05) is 12.1 Å². The molecule has 0 bridgehead atoms. The van der Waals surface area contributed by atoms with E-state index in [9.17, 15) is 0 Å². The van der Waals surface area contributed by atoms with Gasteiger partial charge in [0, 0.05) is 12.1 Å². The second kappa shape index (κ2) is 6.76. The van der Waals surface area contributed by atoms with Gasteiger partial charge in [0.15, 0.2) is 0 Å². The van der Waals surface area contributed by atoms with Gasteiger partial charge in [-0.3, -0.25) is 0 Å². The maximum atomic E-state index is 6.12. The Bertz CT molecular complexity index is 350. The molecular formula is C15H24N2O. The van der Waals surface area contributed by atoms with Crippen molar-refractivity contribution in [2.75, 3.05) is 13.7 Å². The van der Waals surface area contributed by atoms with Crippen LogP contribution < -0.4 is 15.8 Å². The lowest BCUT2D eigenvalue weighted by molar-refractivity contribution is 0.329. The van der Waals surface area contributed by atoms with E-state index in [-0.39, 0.29) is 0 Å². The van der Waals surface area contributed by atoms with E-state index in [0.29, 0.717) is 12.1 Å². The molecule has 1 aromatic carbocycles. The first-order valence-electron chi connectivity index (χ1n) is 6.91. The number of nitrogens with two attached hydrogens (primary N) is 1. The average Bonchev–Trinajstić information content (AvgIpc) is 2.42. The van der Waals surface area contributed by atoms with E-state index >= 15 is 0 Å². The summed E-state index contributed by atoms with van der Waals surface area (Å²) in [5.74, 6) is 0.918. The monoisotopic (exact) mass is 248 g/mol. The van der Waals surface area contributed by atoms with Gasteiger partial charge in [-0.25, -0.2) is 0 Å². The van der Waals surface area contributed by atoms with Gasteiger partial charge in [0.2, 0.25) is 0 Å². The fourth-order valence-corrected chi connectivity index (χ4v) is 2.61. The second-order valence-electron chi connectivity index (χ2n) is 5.11. The molecule has 0 radical (unpaired) electrons. The van der Waals surface area contributed by atoms with Crippen LogP contribution in [0.3, 0.4) is 0 Å². The van der Waals surface area contributed by atoms with Gasteiger partial charge in [-0.1, -0.05) is 25.0 Å². The predicted molar refractivity (Wildman–Crippen MR) is 74.9 cm³/mol. The highest BCUT2D eigenvalue weighted by atomic mass is 16.5. The Labute approximate surface area is 110 Å². The van der Waals surface area contributed by atoms with E-state index in [4.69, 9.17) is 10.5 Å². The van der Waals surface area contributed by atoms with Crippen molar-refractivity contribution in [1.82, 2.24) is 5.32 Å². The molecule has 0 unspecified atom stereocenters. The first-order chi connectivity index (χ1) is 8.79. The molecule has 0 heterocycles. The van der Waals surface area contributed by atoms with Crippen LogP contribution in [0.15, 0.2) is 24.3 Å². The standard InChI is InChI=1S/C15H24N2O/c1-18-13-8-6-12(7-9-13)10-11-17-15-5-3-2-4-14(15)16/h6-9,14-15,17H,2-5,10-11,16H2,1H3/t14-,15+/m0/s1. The van der Waals surface area contributed by atoms with Crippen LogP contribution in [0.4, 0.5) is 0 Å². The van der Waals surface area contributed by atoms with E-state index in [1.165, 1.54) is 31.2 Å². The summed E-state index contributed by atoms with van der Waals surface area (Å²) in [7, 11) is 1.70. The maximum Gasteiger partial charge on any atom is 0.118 e. The molecule has 2 atom stereocenters. The van der Waals surface area contributed by atoms with Gasteiger partial charge in [-0.05, 0) is 43.5 Å². The topological polar surface area (TPSA) is 47.3 Å². The van der Waals surface area contributed by atoms with Crippen LogP contribution in [0, 0.1) is 0 Å². The van der Waals surface area contributed by atoms with E-state index in [1.54, 1.807) is 7.11 Å². The minimum atomic E-state index is 0.342. The molecular weight excluding hydrogens is 224 g/mol. The molecule has 3 nitrogen and oxygen atoms in total. The number of rotatable bonds is 5. The van der Waals surface area contributed by atoms with Crippen molar-refractivity contribution in [3.05, 3.63) is 29.8 Å². The normalized spacial score (nSPS) is 23.9. The van der Waals surface area contributed by atoms with Gasteiger partial charge in [0.1, 0.15) is 5.75 Å². The van der Waals surface area contributed by atoms with Crippen LogP contribution in [0.25, 0.3) is 0 Å². The highest BCUT2D eigenvalue weighted by molar-refractivity contribution is 5.27. The van der Waals surface area contributed by atoms with E-state index < -0.39 is 0 Å². The molecule has 0 saturated heterocycles. The second-order valence-corrected chi connectivity index (χ2v) is 5.11. The molecule has 2 rings (SSSR count). The van der Waals surface area contributed by atoms with Gasteiger partial charge in [-0.15, -0.1) is 0 Å². The highest BCUT2D eigenvalue weighted by Crippen LogP contribution is 2.17. The molecule has 3 N–H and O–H groups in total. The van der Waals surface area contributed by atoms with Crippen molar-refractivity contribution in [3.8, 4) is 5.75 Å². The van der Waals surface area contributed by atoms with Crippen molar-refractivity contribution in [3.63, 3.8) is 0 Å². The minimum Gasteiger partial charge on any atom is -0.497 e. The molecule has 1 saturated carbocycles. The van der Waals surface area contributed by atoms with Crippen molar-refractivity contribution in [1.29, 1.82) is 0 Å². The van der Waals surface area contributed by atoms with Gasteiger partial charge in [-0.2, -0.15) is 0 Å². The third-order valence-electron chi connectivity index (χ3n) is 3.80. The summed E-state index contributed by atoms with van der Waals surface area (Å²) < 4.78 is 5.15. The zero-order valence-electron chi connectivity index (χ0n) is 11.2. The van der Waals surface area contributed by atoms with Crippen LogP contribution in [-0.4, -0.2) is 25.7 Å². The quantitative estimate of drug-likeness (QED) is 0.839. The summed E-state index contributed by atoms with van der Waals surface area (Å²) in [6.45, 7) is 1.00. The minimum absolute atomic E-state index is 0.342. The highest BCUT2D eigenvalue weighted by Gasteiger charge is 2.20. The van der Waals surface area contributed by atoms with Crippen LogP contribution >= 0.6 is 0 Å². The molecule has 1 aromatic rings. The summed E-state index contributed by atoms with van der Waals surface area (Å²) in [4.78, 5) is 0. The summed E-state index contributed by atoms with van der Waals surface area (Å²) in [5, 5.41) is 3.59. The Balaban J connectivity index is 1.73. The largest absolute Gasteiger partial charge is 0.497 e. The molecule has 1 aliphatic rings. The number of ether oxygens (including phenoxy) is 1. The van der Waals surface area contributed by atoms with E-state index in [0.717, 1.165) is 18.7 Å². The smallest absolute Gasteiger partial charge is 0.118 e. The number of methoxy groups -OCH3 is 1. The van der Waals surface area contributed by atoms with Crippen molar-refractivity contribution < 1.29 is 4.74 Å². The first kappa shape index (κ1) is 13.4. The molecule has 3 heteroatoms. The summed E-state index contributed by atoms with van der Waals surface area (Å²) in [5.41, 5.74) is 7.46. The Morgan fingerprint density at radius 1 is 1.22 bits per heavy atom. The van der Waals surface area contributed by atoms with Gasteiger partial charge < -0.3 is 15.8 Å². The number of hydrogen-bond donors (Lipinski definition) is 2. The van der Waals surface area contributed by atoms with Gasteiger partial charge in [0.25, 0.3) is 0 Å². The lowest BCUT2D eigenvalue weighted by Crippen LogP contribution is -2.47. The molecule has 0 aromatic heterocycles. The Morgan fingerprint density at radius 2 is 1.94 bits per heavy atom. The summed E-state index contributed by atoms with van der Waals surface area (Å²) in [6, 6.07) is 9.14. The molecule has 1 aliphatic carbocycles.